The molecule has 1 aromatic carbocycles. The largest absolute Gasteiger partial charge is 0.350 e. The molecule has 1 saturated heterocycles. The van der Waals surface area contributed by atoms with Gasteiger partial charge < -0.3 is 9.47 Å². The van der Waals surface area contributed by atoms with Crippen molar-refractivity contribution in [3.8, 4) is 0 Å². The van der Waals surface area contributed by atoms with Gasteiger partial charge in [-0.05, 0) is 30.9 Å². The van der Waals surface area contributed by atoms with E-state index in [4.69, 9.17) is 9.47 Å². The first-order valence-corrected chi connectivity index (χ1v) is 8.03. The zero-order chi connectivity index (χ0) is 14.4. The summed E-state index contributed by atoms with van der Waals surface area (Å²) in [6, 6.07) is 8.95. The molecule has 2 rings (SSSR count). The Morgan fingerprint density at radius 1 is 1.05 bits per heavy atom. The summed E-state index contributed by atoms with van der Waals surface area (Å²) in [4.78, 5) is 0. The summed E-state index contributed by atoms with van der Waals surface area (Å²) in [7, 11) is 0. The fraction of sp³-hybridized carbons (Fsp3) is 0.667. The first-order chi connectivity index (χ1) is 9.67. The molecule has 0 spiro atoms. The van der Waals surface area contributed by atoms with Crippen LogP contribution in [0.25, 0.3) is 0 Å². The van der Waals surface area contributed by atoms with Crippen LogP contribution in [0.15, 0.2) is 24.3 Å². The average molecular weight is 276 g/mol. The van der Waals surface area contributed by atoms with Gasteiger partial charge in [-0.15, -0.1) is 0 Å². The third kappa shape index (κ3) is 4.07. The van der Waals surface area contributed by atoms with Crippen LogP contribution in [0.1, 0.15) is 63.5 Å². The van der Waals surface area contributed by atoms with E-state index in [9.17, 15) is 0 Å². The van der Waals surface area contributed by atoms with Crippen molar-refractivity contribution in [1.29, 1.82) is 0 Å². The van der Waals surface area contributed by atoms with Crippen LogP contribution in [-0.2, 0) is 15.9 Å². The molecule has 0 radical (unpaired) electrons. The number of hydrogen-bond donors (Lipinski definition) is 0. The van der Waals surface area contributed by atoms with E-state index in [1.165, 1.54) is 24.0 Å². The van der Waals surface area contributed by atoms with Crippen molar-refractivity contribution >= 4 is 0 Å². The molecule has 0 amide bonds. The third-order valence-electron chi connectivity index (χ3n) is 4.15. The highest BCUT2D eigenvalue weighted by Gasteiger charge is 2.32. The van der Waals surface area contributed by atoms with Gasteiger partial charge in [-0.2, -0.15) is 0 Å². The van der Waals surface area contributed by atoms with Crippen LogP contribution in [0.5, 0.6) is 0 Å². The van der Waals surface area contributed by atoms with Crippen molar-refractivity contribution in [1.82, 2.24) is 0 Å². The second-order valence-electron chi connectivity index (χ2n) is 6.05. The van der Waals surface area contributed by atoms with E-state index in [1.807, 2.05) is 0 Å². The topological polar surface area (TPSA) is 18.5 Å². The van der Waals surface area contributed by atoms with Crippen LogP contribution in [-0.4, -0.2) is 19.0 Å². The summed E-state index contributed by atoms with van der Waals surface area (Å²) in [5.74, 6) is 0.00894. The van der Waals surface area contributed by atoms with Gasteiger partial charge in [0.25, 0.3) is 0 Å². The van der Waals surface area contributed by atoms with Crippen molar-refractivity contribution in [3.63, 3.8) is 0 Å². The van der Waals surface area contributed by atoms with E-state index < -0.39 is 0 Å². The van der Waals surface area contributed by atoms with Gasteiger partial charge >= 0.3 is 0 Å². The van der Waals surface area contributed by atoms with Crippen molar-refractivity contribution in [3.05, 3.63) is 35.4 Å². The molecule has 0 aromatic heterocycles. The van der Waals surface area contributed by atoms with Crippen LogP contribution >= 0.6 is 0 Å². The summed E-state index contributed by atoms with van der Waals surface area (Å²) >= 11 is 0. The molecule has 112 valence electrons. The minimum Gasteiger partial charge on any atom is -0.350 e. The molecule has 0 atom stereocenters. The number of aryl methyl sites for hydroxylation is 1. The highest BCUT2D eigenvalue weighted by molar-refractivity contribution is 5.26. The summed E-state index contributed by atoms with van der Waals surface area (Å²) in [5, 5.41) is 0. The van der Waals surface area contributed by atoms with Gasteiger partial charge in [0, 0.05) is 12.3 Å². The molecule has 0 aliphatic carbocycles. The number of hydrogen-bond acceptors (Lipinski definition) is 2. The molecule has 0 bridgehead atoms. The summed E-state index contributed by atoms with van der Waals surface area (Å²) in [5.41, 5.74) is 2.75. The van der Waals surface area contributed by atoms with Gasteiger partial charge in [-0.25, -0.2) is 0 Å². The summed E-state index contributed by atoms with van der Waals surface area (Å²) < 4.78 is 12.0. The highest BCUT2D eigenvalue weighted by Crippen LogP contribution is 2.31. The van der Waals surface area contributed by atoms with Gasteiger partial charge in [0.1, 0.15) is 0 Å². The Morgan fingerprint density at radius 3 is 2.25 bits per heavy atom. The van der Waals surface area contributed by atoms with Gasteiger partial charge in [0.05, 0.1) is 13.2 Å². The van der Waals surface area contributed by atoms with Crippen LogP contribution in [0.2, 0.25) is 0 Å². The molecule has 0 N–H and O–H groups in total. The molecule has 2 heteroatoms. The van der Waals surface area contributed by atoms with Crippen molar-refractivity contribution in [2.75, 3.05) is 13.2 Å². The SMILES string of the molecule is CCCC[C@]1(C)OC[C@@H](c2ccc(CCC)cc2)CO1. The number of ether oxygens (including phenoxy) is 2. The Kier molecular flexibility index (Phi) is 5.62. The van der Waals surface area contributed by atoms with E-state index in [-0.39, 0.29) is 5.79 Å². The second kappa shape index (κ2) is 7.24. The van der Waals surface area contributed by atoms with Crippen molar-refractivity contribution in [2.45, 2.75) is 64.6 Å². The van der Waals surface area contributed by atoms with Crippen LogP contribution < -0.4 is 0 Å². The maximum Gasteiger partial charge on any atom is 0.165 e. The van der Waals surface area contributed by atoms with E-state index in [1.54, 1.807) is 0 Å². The fourth-order valence-corrected chi connectivity index (χ4v) is 2.72. The fourth-order valence-electron chi connectivity index (χ4n) is 2.72. The van der Waals surface area contributed by atoms with E-state index in [2.05, 4.69) is 45.0 Å². The molecule has 1 aliphatic rings. The zero-order valence-corrected chi connectivity index (χ0v) is 13.2. The average Bonchev–Trinajstić information content (AvgIpc) is 2.47. The lowest BCUT2D eigenvalue weighted by Crippen LogP contribution is -2.40. The normalized spacial score (nSPS) is 26.6. The first-order valence-electron chi connectivity index (χ1n) is 8.03. The minimum absolute atomic E-state index is 0.366. The zero-order valence-electron chi connectivity index (χ0n) is 13.2. The van der Waals surface area contributed by atoms with Crippen molar-refractivity contribution in [2.24, 2.45) is 0 Å². The Bertz CT molecular complexity index is 388. The van der Waals surface area contributed by atoms with Gasteiger partial charge in [-0.1, -0.05) is 51.0 Å². The lowest BCUT2D eigenvalue weighted by Gasteiger charge is -2.38. The lowest BCUT2D eigenvalue weighted by atomic mass is 9.97. The quantitative estimate of drug-likeness (QED) is 0.751. The maximum absolute atomic E-state index is 5.99. The number of rotatable bonds is 6. The molecule has 20 heavy (non-hydrogen) atoms. The molecule has 1 aromatic rings. The van der Waals surface area contributed by atoms with Crippen LogP contribution in [0.4, 0.5) is 0 Å². The predicted molar refractivity (Wildman–Crippen MR) is 83.0 cm³/mol. The monoisotopic (exact) mass is 276 g/mol. The molecule has 0 unspecified atom stereocenters. The predicted octanol–water partition coefficient (Wildman–Crippen LogP) is 4.68. The van der Waals surface area contributed by atoms with Gasteiger partial charge in [-0.3, -0.25) is 0 Å². The standard InChI is InChI=1S/C18H28O2/c1-4-6-12-18(3)19-13-17(14-20-18)16-10-8-15(7-5-2)9-11-16/h8-11,17H,4-7,12-14H2,1-3H3/t17-,18-. The molecule has 0 saturated carbocycles. The second-order valence-corrected chi connectivity index (χ2v) is 6.05. The minimum atomic E-state index is -0.366. The molecule has 1 heterocycles. The van der Waals surface area contributed by atoms with Gasteiger partial charge in [0.15, 0.2) is 5.79 Å². The Balaban J connectivity index is 1.89. The van der Waals surface area contributed by atoms with Gasteiger partial charge in [0.2, 0.25) is 0 Å². The number of unbranched alkanes of at least 4 members (excludes halogenated alkanes) is 1. The molecule has 1 fully saturated rings. The molecular weight excluding hydrogens is 248 g/mol. The van der Waals surface area contributed by atoms with E-state index >= 15 is 0 Å². The van der Waals surface area contributed by atoms with E-state index in [0.717, 1.165) is 32.5 Å². The molecular formula is C18H28O2. The Morgan fingerprint density at radius 2 is 1.70 bits per heavy atom. The third-order valence-corrected chi connectivity index (χ3v) is 4.15. The molecule has 1 aliphatic heterocycles. The van der Waals surface area contributed by atoms with E-state index in [0.29, 0.717) is 5.92 Å². The lowest BCUT2D eigenvalue weighted by molar-refractivity contribution is -0.265. The first kappa shape index (κ1) is 15.5. The summed E-state index contributed by atoms with van der Waals surface area (Å²) in [6.45, 7) is 8.03. The smallest absolute Gasteiger partial charge is 0.165 e. The summed E-state index contributed by atoms with van der Waals surface area (Å²) in [6.07, 6.45) is 5.70. The number of benzene rings is 1. The van der Waals surface area contributed by atoms with Crippen molar-refractivity contribution < 1.29 is 9.47 Å². The Hall–Kier alpha value is -0.860. The molecule has 2 nitrogen and oxygen atoms in total. The van der Waals surface area contributed by atoms with Crippen LogP contribution in [0.3, 0.4) is 0 Å². The van der Waals surface area contributed by atoms with Crippen LogP contribution in [0, 0.1) is 0 Å². The Labute approximate surface area is 123 Å². The maximum atomic E-state index is 5.99. The highest BCUT2D eigenvalue weighted by atomic mass is 16.7.